The molecule has 20 heavy (non-hydrogen) atoms. The zero-order valence-electron chi connectivity index (χ0n) is 9.38. The van der Waals surface area contributed by atoms with Crippen molar-refractivity contribution in [1.82, 2.24) is 0 Å². The van der Waals surface area contributed by atoms with Crippen LogP contribution in [0.25, 0.3) is 0 Å². The van der Waals surface area contributed by atoms with Crippen molar-refractivity contribution < 1.29 is 41.4 Å². The number of nitrogen functional groups attached to an aromatic ring is 1. The number of carboxylic acid groups (broad SMARTS) is 1. The maximum atomic E-state index is 13.3. The normalized spacial score (nSPS) is 14.1. The molecule has 4 nitrogen and oxygen atoms in total. The fourth-order valence-corrected chi connectivity index (χ4v) is 1.34. The molecule has 1 atom stereocenters. The summed E-state index contributed by atoms with van der Waals surface area (Å²) in [6.45, 7) is 0. The molecule has 1 rings (SSSR count). The molecule has 1 unspecified atom stereocenters. The number of carboxylic acids is 1. The third kappa shape index (κ3) is 2.58. The minimum absolute atomic E-state index is 0.210. The first-order valence-corrected chi connectivity index (χ1v) is 4.84. The van der Waals surface area contributed by atoms with E-state index in [1.807, 2.05) is 0 Å². The van der Waals surface area contributed by atoms with Gasteiger partial charge in [0.25, 0.3) is 0 Å². The van der Waals surface area contributed by atoms with E-state index in [2.05, 4.69) is 0 Å². The van der Waals surface area contributed by atoms with Crippen molar-refractivity contribution >= 4 is 11.7 Å². The van der Waals surface area contributed by atoms with Gasteiger partial charge >= 0.3 is 18.1 Å². The summed E-state index contributed by atoms with van der Waals surface area (Å²) in [6.07, 6.45) is -10.1. The number of carbonyl (C=O) groups is 1. The molecular weight excluding hydrogens is 296 g/mol. The fourth-order valence-electron chi connectivity index (χ4n) is 1.34. The summed E-state index contributed by atoms with van der Waals surface area (Å²) in [6, 6.07) is 0.424. The Morgan fingerprint density at radius 1 is 1.20 bits per heavy atom. The van der Waals surface area contributed by atoms with E-state index < -0.39 is 46.8 Å². The molecule has 0 saturated carbocycles. The van der Waals surface area contributed by atoms with Crippen LogP contribution >= 0.6 is 0 Å². The maximum absolute atomic E-state index is 13.3. The van der Waals surface area contributed by atoms with Crippen LogP contribution in [0, 0.1) is 0 Å². The highest BCUT2D eigenvalue weighted by molar-refractivity contribution is 5.95. The molecule has 0 aliphatic rings. The number of rotatable bonds is 3. The molecule has 0 bridgehead atoms. The molecule has 0 heterocycles. The highest BCUT2D eigenvalue weighted by Gasteiger charge is 2.63. The Kier molecular flexibility index (Phi) is 3.79. The number of aromatic hydroxyl groups is 1. The molecule has 0 radical (unpaired) electrons. The Bertz CT molecular complexity index is 543. The molecule has 112 valence electrons. The lowest BCUT2D eigenvalue weighted by molar-refractivity contribution is -0.305. The third-order valence-electron chi connectivity index (χ3n) is 2.40. The van der Waals surface area contributed by atoms with Gasteiger partial charge in [0.05, 0.1) is 11.3 Å². The second-order valence-electron chi connectivity index (χ2n) is 3.79. The molecule has 0 spiro atoms. The Morgan fingerprint density at radius 2 is 1.70 bits per heavy atom. The van der Waals surface area contributed by atoms with Crippen LogP contribution in [0.15, 0.2) is 12.1 Å². The minimum atomic E-state index is -6.17. The van der Waals surface area contributed by atoms with Crippen molar-refractivity contribution in [2.45, 2.75) is 18.3 Å². The molecule has 0 aromatic heterocycles. The van der Waals surface area contributed by atoms with Crippen LogP contribution in [0.3, 0.4) is 0 Å². The zero-order valence-corrected chi connectivity index (χ0v) is 9.38. The Balaban J connectivity index is 3.38. The van der Waals surface area contributed by atoms with Gasteiger partial charge < -0.3 is 15.9 Å². The molecule has 0 saturated heterocycles. The van der Waals surface area contributed by atoms with Crippen molar-refractivity contribution in [3.63, 3.8) is 0 Å². The van der Waals surface area contributed by atoms with E-state index in [0.29, 0.717) is 0 Å². The lowest BCUT2D eigenvalue weighted by Crippen LogP contribution is -2.40. The van der Waals surface area contributed by atoms with Crippen molar-refractivity contribution in [3.05, 3.63) is 23.3 Å². The zero-order chi connectivity index (χ0) is 15.9. The topological polar surface area (TPSA) is 83.5 Å². The summed E-state index contributed by atoms with van der Waals surface area (Å²) in [5.74, 6) is -8.67. The van der Waals surface area contributed by atoms with E-state index in [-0.39, 0.29) is 12.1 Å². The number of alkyl halides is 6. The van der Waals surface area contributed by atoms with Gasteiger partial charge in [-0.1, -0.05) is 0 Å². The van der Waals surface area contributed by atoms with E-state index in [1.165, 1.54) is 0 Å². The van der Waals surface area contributed by atoms with Gasteiger partial charge in [0.1, 0.15) is 5.75 Å². The highest BCUT2D eigenvalue weighted by atomic mass is 19.4. The van der Waals surface area contributed by atoms with E-state index in [9.17, 15) is 31.1 Å². The largest absolute Gasteiger partial charge is 0.506 e. The number of hydrogen-bond donors (Lipinski definition) is 3. The van der Waals surface area contributed by atoms with E-state index in [0.717, 1.165) is 0 Å². The van der Waals surface area contributed by atoms with Crippen LogP contribution in [0.4, 0.5) is 32.0 Å². The summed E-state index contributed by atoms with van der Waals surface area (Å²) in [7, 11) is 0. The van der Waals surface area contributed by atoms with Gasteiger partial charge in [0, 0.05) is 0 Å². The molecule has 1 aromatic rings. The summed E-state index contributed by atoms with van der Waals surface area (Å²) < 4.78 is 75.0. The van der Waals surface area contributed by atoms with Crippen LogP contribution in [0.5, 0.6) is 5.75 Å². The number of phenolic OH excluding ortho intramolecular Hbond substituents is 1. The molecular formula is C10H7F6NO3. The summed E-state index contributed by atoms with van der Waals surface area (Å²) in [4.78, 5) is 10.7. The van der Waals surface area contributed by atoms with Crippen molar-refractivity contribution in [2.75, 3.05) is 5.73 Å². The van der Waals surface area contributed by atoms with Crippen LogP contribution in [-0.2, 0) is 0 Å². The van der Waals surface area contributed by atoms with Crippen LogP contribution in [0.1, 0.15) is 22.1 Å². The second kappa shape index (κ2) is 4.76. The summed E-state index contributed by atoms with van der Waals surface area (Å²) in [5, 5.41) is 17.8. The standard InChI is InChI=1S/C10H7F6NO3/c11-7(9(12,13)10(14,15)16)3-1-4(8(19)20)6(17)5(18)2-3/h1-2,7,18H,17H2,(H,19,20). The number of aromatic carboxylic acids is 1. The second-order valence-corrected chi connectivity index (χ2v) is 3.79. The van der Waals surface area contributed by atoms with Crippen LogP contribution in [0.2, 0.25) is 0 Å². The SMILES string of the molecule is Nc1c(O)cc(C(F)C(F)(F)C(F)(F)F)cc1C(=O)O. The van der Waals surface area contributed by atoms with Gasteiger partial charge in [0.2, 0.25) is 0 Å². The first-order valence-electron chi connectivity index (χ1n) is 4.84. The number of halogens is 6. The van der Waals surface area contributed by atoms with Crippen LogP contribution < -0.4 is 5.73 Å². The van der Waals surface area contributed by atoms with Gasteiger partial charge in [-0.3, -0.25) is 0 Å². The Morgan fingerprint density at radius 3 is 2.10 bits per heavy atom. The monoisotopic (exact) mass is 303 g/mol. The lowest BCUT2D eigenvalue weighted by atomic mass is 10.00. The maximum Gasteiger partial charge on any atom is 0.456 e. The first kappa shape index (κ1) is 15.9. The highest BCUT2D eigenvalue weighted by Crippen LogP contribution is 2.47. The first-order chi connectivity index (χ1) is 8.89. The predicted molar refractivity (Wildman–Crippen MR) is 54.3 cm³/mol. The Hall–Kier alpha value is -2.13. The average Bonchev–Trinajstić information content (AvgIpc) is 2.29. The Labute approximate surface area is 107 Å². The van der Waals surface area contributed by atoms with Gasteiger partial charge in [-0.05, 0) is 17.7 Å². The number of hydrogen-bond acceptors (Lipinski definition) is 3. The van der Waals surface area contributed by atoms with E-state index in [1.54, 1.807) is 0 Å². The van der Waals surface area contributed by atoms with E-state index >= 15 is 0 Å². The quantitative estimate of drug-likeness (QED) is 0.455. The van der Waals surface area contributed by atoms with Gasteiger partial charge in [-0.2, -0.15) is 22.0 Å². The number of phenols is 1. The minimum Gasteiger partial charge on any atom is -0.506 e. The molecule has 0 amide bonds. The van der Waals surface area contributed by atoms with Gasteiger partial charge in [-0.15, -0.1) is 0 Å². The summed E-state index contributed by atoms with van der Waals surface area (Å²) in [5.41, 5.74) is 1.97. The summed E-state index contributed by atoms with van der Waals surface area (Å²) >= 11 is 0. The van der Waals surface area contributed by atoms with Crippen molar-refractivity contribution in [1.29, 1.82) is 0 Å². The van der Waals surface area contributed by atoms with Crippen molar-refractivity contribution in [2.24, 2.45) is 0 Å². The van der Waals surface area contributed by atoms with Crippen molar-refractivity contribution in [3.8, 4) is 5.75 Å². The lowest BCUT2D eigenvalue weighted by Gasteiger charge is -2.23. The molecule has 10 heteroatoms. The smallest absolute Gasteiger partial charge is 0.456 e. The molecule has 4 N–H and O–H groups in total. The fraction of sp³-hybridized carbons (Fsp3) is 0.300. The molecule has 0 aliphatic heterocycles. The predicted octanol–water partition coefficient (Wildman–Crippen LogP) is 2.88. The number of anilines is 1. The van der Waals surface area contributed by atoms with Crippen LogP contribution in [-0.4, -0.2) is 28.3 Å². The van der Waals surface area contributed by atoms with Gasteiger partial charge in [0.15, 0.2) is 6.17 Å². The molecule has 0 fully saturated rings. The number of benzene rings is 1. The molecule has 0 aliphatic carbocycles. The van der Waals surface area contributed by atoms with Gasteiger partial charge in [-0.25, -0.2) is 9.18 Å². The third-order valence-corrected chi connectivity index (χ3v) is 2.40. The molecule has 1 aromatic carbocycles. The average molecular weight is 303 g/mol. The number of nitrogens with two attached hydrogens (primary N) is 1. The van der Waals surface area contributed by atoms with E-state index in [4.69, 9.17) is 15.9 Å².